The van der Waals surface area contributed by atoms with Crippen molar-refractivity contribution in [1.29, 1.82) is 0 Å². The Morgan fingerprint density at radius 3 is 2.46 bits per heavy atom. The number of hydrogen-bond donors (Lipinski definition) is 1. The molecule has 136 valence electrons. The summed E-state index contributed by atoms with van der Waals surface area (Å²) in [7, 11) is 2.08. The van der Waals surface area contributed by atoms with Crippen LogP contribution in [0.5, 0.6) is 0 Å². The van der Waals surface area contributed by atoms with Crippen molar-refractivity contribution in [3.63, 3.8) is 0 Å². The molecule has 1 aromatic rings. The van der Waals surface area contributed by atoms with E-state index in [1.807, 2.05) is 0 Å². The lowest BCUT2D eigenvalue weighted by Crippen LogP contribution is -2.44. The first-order valence-corrected chi connectivity index (χ1v) is 10.1. The van der Waals surface area contributed by atoms with Gasteiger partial charge in [-0.3, -0.25) is 4.68 Å². The van der Waals surface area contributed by atoms with Crippen molar-refractivity contribution in [2.24, 2.45) is 5.92 Å². The molecule has 0 bridgehead atoms. The predicted molar refractivity (Wildman–Crippen MR) is 100 cm³/mol. The molecule has 1 unspecified atom stereocenters. The third-order valence-electron chi connectivity index (χ3n) is 6.50. The molecule has 2 fully saturated rings. The SMILES string of the molecule is CCC(C)c1cnn(C2CCN(C3CCC(CNC)CC3)CC2)c1. The van der Waals surface area contributed by atoms with E-state index in [0.717, 1.165) is 12.0 Å². The van der Waals surface area contributed by atoms with E-state index in [9.17, 15) is 0 Å². The fraction of sp³-hybridized carbons (Fsp3) is 0.850. The van der Waals surface area contributed by atoms with Gasteiger partial charge in [-0.15, -0.1) is 0 Å². The normalized spacial score (nSPS) is 28.1. The molecule has 0 spiro atoms. The molecule has 3 rings (SSSR count). The average molecular weight is 333 g/mol. The van der Waals surface area contributed by atoms with E-state index in [-0.39, 0.29) is 0 Å². The van der Waals surface area contributed by atoms with Gasteiger partial charge >= 0.3 is 0 Å². The summed E-state index contributed by atoms with van der Waals surface area (Å²) in [5, 5.41) is 8.01. The zero-order valence-corrected chi connectivity index (χ0v) is 15.9. The van der Waals surface area contributed by atoms with E-state index in [2.05, 4.69) is 53.3 Å². The molecule has 0 radical (unpaired) electrons. The minimum atomic E-state index is 0.611. The maximum Gasteiger partial charge on any atom is 0.0543 e. The molecule has 0 aromatic carbocycles. The Kier molecular flexibility index (Phi) is 6.34. The third kappa shape index (κ3) is 4.20. The smallest absolute Gasteiger partial charge is 0.0543 e. The zero-order chi connectivity index (χ0) is 16.9. The topological polar surface area (TPSA) is 33.1 Å². The molecule has 1 N–H and O–H groups in total. The molecule has 1 aliphatic heterocycles. The van der Waals surface area contributed by atoms with Crippen LogP contribution in [0.4, 0.5) is 0 Å². The van der Waals surface area contributed by atoms with E-state index in [1.165, 1.54) is 70.1 Å². The highest BCUT2D eigenvalue weighted by molar-refractivity contribution is 5.10. The minimum absolute atomic E-state index is 0.611. The van der Waals surface area contributed by atoms with Gasteiger partial charge < -0.3 is 10.2 Å². The molecule has 24 heavy (non-hydrogen) atoms. The van der Waals surface area contributed by atoms with Crippen LogP contribution in [0.15, 0.2) is 12.4 Å². The Morgan fingerprint density at radius 1 is 1.12 bits per heavy atom. The second-order valence-corrected chi connectivity index (χ2v) is 8.06. The summed E-state index contributed by atoms with van der Waals surface area (Å²) >= 11 is 0. The van der Waals surface area contributed by atoms with E-state index in [0.29, 0.717) is 12.0 Å². The van der Waals surface area contributed by atoms with Crippen molar-refractivity contribution in [1.82, 2.24) is 20.0 Å². The summed E-state index contributed by atoms with van der Waals surface area (Å²) in [6.07, 6.45) is 13.7. The van der Waals surface area contributed by atoms with Crippen LogP contribution in [0.1, 0.15) is 76.3 Å². The Labute approximate surface area is 148 Å². The number of hydrogen-bond acceptors (Lipinski definition) is 3. The Hall–Kier alpha value is -0.870. The van der Waals surface area contributed by atoms with Crippen LogP contribution >= 0.6 is 0 Å². The van der Waals surface area contributed by atoms with E-state index in [4.69, 9.17) is 0 Å². The third-order valence-corrected chi connectivity index (χ3v) is 6.50. The highest BCUT2D eigenvalue weighted by Crippen LogP contribution is 2.31. The number of nitrogens with zero attached hydrogens (tertiary/aromatic N) is 3. The molecule has 2 heterocycles. The van der Waals surface area contributed by atoms with Gasteiger partial charge in [-0.05, 0) is 75.9 Å². The number of rotatable bonds is 6. The Balaban J connectivity index is 1.47. The quantitative estimate of drug-likeness (QED) is 0.860. The van der Waals surface area contributed by atoms with Crippen LogP contribution < -0.4 is 5.32 Å². The molecule has 1 aliphatic carbocycles. The average Bonchev–Trinajstić information content (AvgIpc) is 3.12. The molecule has 4 heteroatoms. The van der Waals surface area contributed by atoms with Crippen LogP contribution in [0.2, 0.25) is 0 Å². The standard InChI is InChI=1S/C20H36N4/c1-4-16(2)18-14-22-24(15-18)20-9-11-23(12-10-20)19-7-5-17(6-8-19)13-21-3/h14-17,19-21H,4-13H2,1-3H3. The molecule has 1 aromatic heterocycles. The van der Waals surface area contributed by atoms with Crippen molar-refractivity contribution >= 4 is 0 Å². The maximum atomic E-state index is 4.67. The Morgan fingerprint density at radius 2 is 1.83 bits per heavy atom. The summed E-state index contributed by atoms with van der Waals surface area (Å²) in [5.74, 6) is 1.54. The molecule has 1 atom stereocenters. The molecule has 1 saturated carbocycles. The highest BCUT2D eigenvalue weighted by Gasteiger charge is 2.29. The van der Waals surface area contributed by atoms with Crippen molar-refractivity contribution < 1.29 is 0 Å². The minimum Gasteiger partial charge on any atom is -0.319 e. The van der Waals surface area contributed by atoms with Gasteiger partial charge in [0, 0.05) is 25.3 Å². The molecular formula is C20H36N4. The molecule has 1 saturated heterocycles. The monoisotopic (exact) mass is 332 g/mol. The fourth-order valence-corrected chi connectivity index (χ4v) is 4.56. The number of aromatic nitrogens is 2. The second kappa shape index (κ2) is 8.48. The number of likely N-dealkylation sites (tertiary alicyclic amines) is 1. The largest absolute Gasteiger partial charge is 0.319 e. The predicted octanol–water partition coefficient (Wildman–Crippen LogP) is 3.81. The van der Waals surface area contributed by atoms with Gasteiger partial charge in [0.2, 0.25) is 0 Å². The summed E-state index contributed by atoms with van der Waals surface area (Å²) < 4.78 is 2.25. The van der Waals surface area contributed by atoms with Gasteiger partial charge in [0.15, 0.2) is 0 Å². The molecule has 4 nitrogen and oxygen atoms in total. The maximum absolute atomic E-state index is 4.67. The van der Waals surface area contributed by atoms with Crippen molar-refractivity contribution in [3.8, 4) is 0 Å². The van der Waals surface area contributed by atoms with Crippen LogP contribution in [0.3, 0.4) is 0 Å². The first-order chi connectivity index (χ1) is 11.7. The summed E-state index contributed by atoms with van der Waals surface area (Å²) in [5.41, 5.74) is 1.41. The first-order valence-electron chi connectivity index (χ1n) is 10.1. The van der Waals surface area contributed by atoms with Crippen LogP contribution in [-0.2, 0) is 0 Å². The van der Waals surface area contributed by atoms with E-state index in [1.54, 1.807) is 0 Å². The van der Waals surface area contributed by atoms with E-state index >= 15 is 0 Å². The van der Waals surface area contributed by atoms with Crippen LogP contribution in [0, 0.1) is 5.92 Å². The summed E-state index contributed by atoms with van der Waals surface area (Å²) in [6, 6.07) is 1.45. The van der Waals surface area contributed by atoms with Gasteiger partial charge in [-0.25, -0.2) is 0 Å². The summed E-state index contributed by atoms with van der Waals surface area (Å²) in [4.78, 5) is 2.77. The van der Waals surface area contributed by atoms with Gasteiger partial charge in [0.05, 0.1) is 12.2 Å². The van der Waals surface area contributed by atoms with Gasteiger partial charge in [-0.1, -0.05) is 13.8 Å². The first kappa shape index (κ1) is 17.9. The number of piperidine rings is 1. The lowest BCUT2D eigenvalue weighted by molar-refractivity contribution is 0.0939. The van der Waals surface area contributed by atoms with Crippen LogP contribution in [0.25, 0.3) is 0 Å². The molecule has 0 amide bonds. The summed E-state index contributed by atoms with van der Waals surface area (Å²) in [6.45, 7) is 8.27. The molecule has 2 aliphatic rings. The van der Waals surface area contributed by atoms with Crippen molar-refractivity contribution in [3.05, 3.63) is 18.0 Å². The van der Waals surface area contributed by atoms with Gasteiger partial charge in [0.1, 0.15) is 0 Å². The lowest BCUT2D eigenvalue weighted by Gasteiger charge is -2.40. The van der Waals surface area contributed by atoms with Crippen molar-refractivity contribution in [2.75, 3.05) is 26.7 Å². The highest BCUT2D eigenvalue weighted by atomic mass is 15.3. The molecular weight excluding hydrogens is 296 g/mol. The van der Waals surface area contributed by atoms with E-state index < -0.39 is 0 Å². The van der Waals surface area contributed by atoms with Gasteiger partial charge in [0.25, 0.3) is 0 Å². The second-order valence-electron chi connectivity index (χ2n) is 8.06. The zero-order valence-electron chi connectivity index (χ0n) is 15.9. The lowest BCUT2D eigenvalue weighted by atomic mass is 9.84. The van der Waals surface area contributed by atoms with Gasteiger partial charge in [-0.2, -0.15) is 5.10 Å². The Bertz CT molecular complexity index is 482. The van der Waals surface area contributed by atoms with Crippen LogP contribution in [-0.4, -0.2) is 47.4 Å². The van der Waals surface area contributed by atoms with Crippen molar-refractivity contribution in [2.45, 2.75) is 76.8 Å². The number of nitrogens with one attached hydrogen (secondary N) is 1. The fourth-order valence-electron chi connectivity index (χ4n) is 4.56.